The molecule has 3 heteroatoms. The number of hydrogen-bond acceptors (Lipinski definition) is 3. The summed E-state index contributed by atoms with van der Waals surface area (Å²) in [5.41, 5.74) is 5.86. The first-order chi connectivity index (χ1) is 8.28. The largest absolute Gasteiger partial charge is 0.327 e. The second-order valence-corrected chi connectivity index (χ2v) is 6.45. The molecular weight excluding hydrogens is 222 g/mol. The summed E-state index contributed by atoms with van der Waals surface area (Å²) < 4.78 is 0. The fraction of sp³-hybridized carbons (Fsp3) is 0.933. The van der Waals surface area contributed by atoms with Gasteiger partial charge in [-0.25, -0.2) is 0 Å². The van der Waals surface area contributed by atoms with Gasteiger partial charge in [0.1, 0.15) is 0 Å². The Hall–Kier alpha value is -0.590. The SMILES string of the molecule is CC(C)C(N)CCN(C)CCCCC(C)(C)C#N. The highest BCUT2D eigenvalue weighted by molar-refractivity contribution is 4.91. The first-order valence-electron chi connectivity index (χ1n) is 7.14. The maximum Gasteiger partial charge on any atom is 0.0683 e. The molecule has 0 aromatic heterocycles. The molecule has 0 fully saturated rings. The molecule has 0 amide bonds. The van der Waals surface area contributed by atoms with Crippen LogP contribution < -0.4 is 5.73 Å². The lowest BCUT2D eigenvalue weighted by atomic mass is 9.89. The van der Waals surface area contributed by atoms with Crippen LogP contribution in [0.1, 0.15) is 53.4 Å². The zero-order valence-corrected chi connectivity index (χ0v) is 12.9. The highest BCUT2D eigenvalue weighted by Crippen LogP contribution is 2.21. The zero-order chi connectivity index (χ0) is 14.2. The molecule has 3 nitrogen and oxygen atoms in total. The van der Waals surface area contributed by atoms with Crippen LogP contribution >= 0.6 is 0 Å². The van der Waals surface area contributed by atoms with Gasteiger partial charge in [0.05, 0.1) is 11.5 Å². The molecule has 0 aromatic carbocycles. The van der Waals surface area contributed by atoms with Crippen molar-refractivity contribution < 1.29 is 0 Å². The minimum Gasteiger partial charge on any atom is -0.327 e. The molecule has 0 saturated carbocycles. The smallest absolute Gasteiger partial charge is 0.0683 e. The second-order valence-electron chi connectivity index (χ2n) is 6.45. The topological polar surface area (TPSA) is 53.0 Å². The van der Waals surface area contributed by atoms with Crippen molar-refractivity contribution in [3.63, 3.8) is 0 Å². The molecule has 0 saturated heterocycles. The van der Waals surface area contributed by atoms with Crippen LogP contribution in [-0.2, 0) is 0 Å². The van der Waals surface area contributed by atoms with Crippen molar-refractivity contribution in [2.45, 2.75) is 59.4 Å². The van der Waals surface area contributed by atoms with E-state index in [1.54, 1.807) is 0 Å². The Labute approximate surface area is 113 Å². The van der Waals surface area contributed by atoms with Crippen molar-refractivity contribution in [1.29, 1.82) is 5.26 Å². The Morgan fingerprint density at radius 1 is 1.22 bits per heavy atom. The van der Waals surface area contributed by atoms with Crippen LogP contribution in [0.3, 0.4) is 0 Å². The van der Waals surface area contributed by atoms with Gasteiger partial charge in [-0.15, -0.1) is 0 Å². The average molecular weight is 253 g/mol. The molecule has 0 aliphatic carbocycles. The molecule has 0 rings (SSSR count). The first-order valence-corrected chi connectivity index (χ1v) is 7.14. The number of unbranched alkanes of at least 4 members (excludes halogenated alkanes) is 1. The minimum absolute atomic E-state index is 0.168. The molecule has 106 valence electrons. The van der Waals surface area contributed by atoms with Crippen molar-refractivity contribution in [2.75, 3.05) is 20.1 Å². The van der Waals surface area contributed by atoms with Crippen LogP contribution in [0.25, 0.3) is 0 Å². The van der Waals surface area contributed by atoms with E-state index in [-0.39, 0.29) is 5.41 Å². The average Bonchev–Trinajstić information content (AvgIpc) is 2.31. The van der Waals surface area contributed by atoms with E-state index < -0.39 is 0 Å². The molecule has 0 aliphatic rings. The lowest BCUT2D eigenvalue weighted by Crippen LogP contribution is -2.32. The number of nitrogens with zero attached hydrogens (tertiary/aromatic N) is 2. The van der Waals surface area contributed by atoms with Crippen LogP contribution in [0.2, 0.25) is 0 Å². The molecule has 0 bridgehead atoms. The Morgan fingerprint density at radius 3 is 2.33 bits per heavy atom. The van der Waals surface area contributed by atoms with E-state index in [0.29, 0.717) is 12.0 Å². The van der Waals surface area contributed by atoms with Crippen LogP contribution in [0.4, 0.5) is 0 Å². The minimum atomic E-state index is -0.168. The van der Waals surface area contributed by atoms with Gasteiger partial charge in [-0.2, -0.15) is 5.26 Å². The molecule has 0 heterocycles. The maximum absolute atomic E-state index is 8.93. The van der Waals surface area contributed by atoms with Gasteiger partial charge in [-0.1, -0.05) is 20.3 Å². The normalized spacial score (nSPS) is 13.9. The second kappa shape index (κ2) is 8.50. The Balaban J connectivity index is 3.61. The molecule has 0 aromatic rings. The molecule has 2 N–H and O–H groups in total. The standard InChI is InChI=1S/C15H31N3/c1-13(2)14(17)8-11-18(5)10-7-6-9-15(3,4)12-16/h13-14H,6-11,17H2,1-5H3. The van der Waals surface area contributed by atoms with E-state index in [9.17, 15) is 0 Å². The van der Waals surface area contributed by atoms with Crippen molar-refractivity contribution >= 4 is 0 Å². The maximum atomic E-state index is 8.93. The number of rotatable bonds is 9. The summed E-state index contributed by atoms with van der Waals surface area (Å²) >= 11 is 0. The van der Waals surface area contributed by atoms with Crippen LogP contribution in [0.15, 0.2) is 0 Å². The Bertz CT molecular complexity index is 253. The van der Waals surface area contributed by atoms with E-state index in [1.807, 2.05) is 13.8 Å². The van der Waals surface area contributed by atoms with E-state index in [2.05, 4.69) is 31.9 Å². The predicted molar refractivity (Wildman–Crippen MR) is 78.2 cm³/mol. The van der Waals surface area contributed by atoms with Crippen LogP contribution in [-0.4, -0.2) is 31.1 Å². The van der Waals surface area contributed by atoms with Crippen molar-refractivity contribution in [2.24, 2.45) is 17.1 Å². The van der Waals surface area contributed by atoms with Gasteiger partial charge in [-0.05, 0) is 59.2 Å². The summed E-state index contributed by atoms with van der Waals surface area (Å²) in [5.74, 6) is 0.565. The number of hydrogen-bond donors (Lipinski definition) is 1. The van der Waals surface area contributed by atoms with Crippen molar-refractivity contribution in [3.05, 3.63) is 0 Å². The highest BCUT2D eigenvalue weighted by atomic mass is 15.1. The fourth-order valence-electron chi connectivity index (χ4n) is 1.82. The third kappa shape index (κ3) is 8.49. The lowest BCUT2D eigenvalue weighted by Gasteiger charge is -2.22. The molecule has 0 spiro atoms. The summed E-state index contributed by atoms with van der Waals surface area (Å²) in [5, 5.41) is 8.93. The van der Waals surface area contributed by atoms with E-state index in [1.165, 1.54) is 6.42 Å². The van der Waals surface area contributed by atoms with E-state index >= 15 is 0 Å². The van der Waals surface area contributed by atoms with Gasteiger partial charge in [-0.3, -0.25) is 0 Å². The van der Waals surface area contributed by atoms with Gasteiger partial charge < -0.3 is 10.6 Å². The lowest BCUT2D eigenvalue weighted by molar-refractivity contribution is 0.290. The molecular formula is C15H31N3. The summed E-state index contributed by atoms with van der Waals surface area (Å²) in [7, 11) is 2.16. The van der Waals surface area contributed by atoms with Gasteiger partial charge in [0.15, 0.2) is 0 Å². The Kier molecular flexibility index (Phi) is 8.22. The fourth-order valence-corrected chi connectivity index (χ4v) is 1.82. The summed E-state index contributed by atoms with van der Waals surface area (Å²) in [6.45, 7) is 10.5. The van der Waals surface area contributed by atoms with Gasteiger partial charge in [0, 0.05) is 6.04 Å². The monoisotopic (exact) mass is 253 g/mol. The molecule has 1 unspecified atom stereocenters. The predicted octanol–water partition coefficient (Wildman–Crippen LogP) is 3.01. The molecule has 1 atom stereocenters. The van der Waals surface area contributed by atoms with Crippen LogP contribution in [0, 0.1) is 22.7 Å². The number of nitriles is 1. The molecule has 0 aliphatic heterocycles. The Morgan fingerprint density at radius 2 is 1.83 bits per heavy atom. The zero-order valence-electron chi connectivity index (χ0n) is 12.9. The third-order valence-corrected chi connectivity index (χ3v) is 3.59. The van der Waals surface area contributed by atoms with Gasteiger partial charge in [0.25, 0.3) is 0 Å². The number of nitrogens with two attached hydrogens (primary N) is 1. The van der Waals surface area contributed by atoms with Crippen LogP contribution in [0.5, 0.6) is 0 Å². The van der Waals surface area contributed by atoms with Crippen molar-refractivity contribution in [1.82, 2.24) is 4.90 Å². The quantitative estimate of drug-likeness (QED) is 0.643. The highest BCUT2D eigenvalue weighted by Gasteiger charge is 2.15. The summed E-state index contributed by atoms with van der Waals surface area (Å²) in [6, 6.07) is 2.66. The first kappa shape index (κ1) is 17.4. The molecule has 18 heavy (non-hydrogen) atoms. The summed E-state index contributed by atoms with van der Waals surface area (Å²) in [4.78, 5) is 2.35. The molecule has 0 radical (unpaired) electrons. The summed E-state index contributed by atoms with van der Waals surface area (Å²) in [6.07, 6.45) is 4.35. The van der Waals surface area contributed by atoms with Gasteiger partial charge >= 0.3 is 0 Å². The third-order valence-electron chi connectivity index (χ3n) is 3.59. The van der Waals surface area contributed by atoms with Gasteiger partial charge in [0.2, 0.25) is 0 Å². The van der Waals surface area contributed by atoms with E-state index in [0.717, 1.165) is 32.4 Å². The van der Waals surface area contributed by atoms with Crippen molar-refractivity contribution in [3.8, 4) is 6.07 Å². The van der Waals surface area contributed by atoms with E-state index in [4.69, 9.17) is 11.0 Å².